The number of rotatable bonds is 20. The van der Waals surface area contributed by atoms with E-state index < -0.39 is 54.2 Å². The summed E-state index contributed by atoms with van der Waals surface area (Å²) >= 11 is 0. The normalized spacial score (nSPS) is 12.4. The molecule has 0 saturated carbocycles. The fourth-order valence-corrected chi connectivity index (χ4v) is 5.39. The maximum Gasteiger partial charge on any atom is 0.251 e. The lowest BCUT2D eigenvalue weighted by Gasteiger charge is -2.26. The maximum atomic E-state index is 13.9. The van der Waals surface area contributed by atoms with Crippen molar-refractivity contribution in [3.8, 4) is 0 Å². The van der Waals surface area contributed by atoms with E-state index in [9.17, 15) is 24.0 Å². The molecule has 3 aromatic rings. The third-order valence-corrected chi connectivity index (χ3v) is 7.98. The number of benzene rings is 3. The van der Waals surface area contributed by atoms with Gasteiger partial charge in [0.15, 0.2) is 11.9 Å². The van der Waals surface area contributed by atoms with Gasteiger partial charge < -0.3 is 49.5 Å². The molecule has 0 saturated heterocycles. The summed E-state index contributed by atoms with van der Waals surface area (Å²) in [6.07, 6.45) is 1.14. The molecule has 0 bridgehead atoms. The number of fused-ring (bicyclic) bond motifs is 1. The zero-order valence-corrected chi connectivity index (χ0v) is 30.1. The molecule has 16 heteroatoms. The van der Waals surface area contributed by atoms with E-state index in [1.807, 2.05) is 50.2 Å². The molecule has 3 aromatic carbocycles. The summed E-state index contributed by atoms with van der Waals surface area (Å²) in [5, 5.41) is 15.6. The Bertz CT molecular complexity index is 1760. The van der Waals surface area contributed by atoms with Gasteiger partial charge in [0.1, 0.15) is 18.1 Å². The largest absolute Gasteiger partial charge is 0.370 e. The summed E-state index contributed by atoms with van der Waals surface area (Å²) in [6, 6.07) is 18.4. The molecule has 0 heterocycles. The van der Waals surface area contributed by atoms with Crippen LogP contribution in [0.5, 0.6) is 0 Å². The molecular weight excluding hydrogens is 678 g/mol. The number of nitrogens with two attached hydrogens (primary N) is 4. The SMILES string of the molecule is CC(C)C[C@H](NC(=O)[C@H](CCCN=C(N)N)NC(=O)[C@H](CCCN=C(N)N)NC(=O)CNC(=O)c1ccccc1)C(=O)Nc1ccc2ccccc2c1. The van der Waals surface area contributed by atoms with Crippen LogP contribution in [0.2, 0.25) is 0 Å². The van der Waals surface area contributed by atoms with Gasteiger partial charge in [-0.1, -0.05) is 62.4 Å². The topological polar surface area (TPSA) is 274 Å². The molecule has 5 amide bonds. The molecule has 0 spiro atoms. The average Bonchev–Trinajstić information content (AvgIpc) is 3.12. The molecular formula is C37H51N11O5. The van der Waals surface area contributed by atoms with Crippen LogP contribution in [0.15, 0.2) is 82.8 Å². The molecule has 284 valence electrons. The van der Waals surface area contributed by atoms with E-state index in [-0.39, 0.29) is 43.8 Å². The van der Waals surface area contributed by atoms with Crippen molar-refractivity contribution in [2.24, 2.45) is 38.8 Å². The number of amides is 5. The van der Waals surface area contributed by atoms with Gasteiger partial charge in [-0.3, -0.25) is 34.0 Å². The Kier molecular flexibility index (Phi) is 16.5. The number of nitrogens with one attached hydrogen (secondary N) is 5. The fraction of sp³-hybridized carbons (Fsp3) is 0.378. The summed E-state index contributed by atoms with van der Waals surface area (Å²) in [6.45, 7) is 3.80. The first-order valence-electron chi connectivity index (χ1n) is 17.5. The molecule has 3 rings (SSSR count). The number of anilines is 1. The molecule has 53 heavy (non-hydrogen) atoms. The van der Waals surface area contributed by atoms with E-state index in [4.69, 9.17) is 22.9 Å². The molecule has 0 fully saturated rings. The van der Waals surface area contributed by atoms with Gasteiger partial charge in [0.2, 0.25) is 23.6 Å². The number of guanidine groups is 2. The lowest BCUT2D eigenvalue weighted by molar-refractivity contribution is -0.133. The van der Waals surface area contributed by atoms with Crippen molar-refractivity contribution >= 4 is 57.9 Å². The van der Waals surface area contributed by atoms with Gasteiger partial charge in [-0.25, -0.2) is 0 Å². The minimum Gasteiger partial charge on any atom is -0.370 e. The number of hydrogen-bond donors (Lipinski definition) is 9. The Morgan fingerprint density at radius 1 is 0.642 bits per heavy atom. The van der Waals surface area contributed by atoms with E-state index in [1.165, 1.54) is 0 Å². The van der Waals surface area contributed by atoms with Crippen LogP contribution >= 0.6 is 0 Å². The number of carbonyl (C=O) groups is 5. The lowest BCUT2D eigenvalue weighted by atomic mass is 10.0. The molecule has 0 unspecified atom stereocenters. The number of aliphatic imine (C=N–C) groups is 2. The molecule has 0 radical (unpaired) electrons. The van der Waals surface area contributed by atoms with Crippen molar-refractivity contribution in [2.45, 2.75) is 64.1 Å². The molecule has 0 aliphatic rings. The number of nitrogens with zero attached hydrogens (tertiary/aromatic N) is 2. The van der Waals surface area contributed by atoms with E-state index in [1.54, 1.807) is 36.4 Å². The quantitative estimate of drug-likeness (QED) is 0.0452. The first-order valence-corrected chi connectivity index (χ1v) is 17.5. The predicted octanol–water partition coefficient (Wildman–Crippen LogP) is 0.816. The van der Waals surface area contributed by atoms with Crippen molar-refractivity contribution in [3.63, 3.8) is 0 Å². The van der Waals surface area contributed by atoms with E-state index in [0.717, 1.165) is 10.8 Å². The zero-order valence-electron chi connectivity index (χ0n) is 30.1. The van der Waals surface area contributed by atoms with Crippen LogP contribution in [0.3, 0.4) is 0 Å². The van der Waals surface area contributed by atoms with Gasteiger partial charge in [-0.2, -0.15) is 0 Å². The highest BCUT2D eigenvalue weighted by molar-refractivity contribution is 6.00. The van der Waals surface area contributed by atoms with Crippen LogP contribution in [0.1, 0.15) is 56.3 Å². The Labute approximate surface area is 309 Å². The maximum absolute atomic E-state index is 13.9. The first kappa shape index (κ1) is 41.2. The summed E-state index contributed by atoms with van der Waals surface area (Å²) in [5.74, 6) is -3.01. The highest BCUT2D eigenvalue weighted by Crippen LogP contribution is 2.19. The van der Waals surface area contributed by atoms with Crippen molar-refractivity contribution in [1.29, 1.82) is 0 Å². The van der Waals surface area contributed by atoms with Gasteiger partial charge >= 0.3 is 0 Å². The third-order valence-electron chi connectivity index (χ3n) is 7.98. The predicted molar refractivity (Wildman–Crippen MR) is 206 cm³/mol. The van der Waals surface area contributed by atoms with Crippen LogP contribution in [-0.2, 0) is 19.2 Å². The first-order chi connectivity index (χ1) is 25.3. The zero-order chi connectivity index (χ0) is 38.8. The van der Waals surface area contributed by atoms with Crippen molar-refractivity contribution in [2.75, 3.05) is 25.0 Å². The minimum absolute atomic E-state index is 0.0322. The van der Waals surface area contributed by atoms with E-state index >= 15 is 0 Å². The molecule has 0 aliphatic heterocycles. The van der Waals surface area contributed by atoms with Crippen molar-refractivity contribution in [3.05, 3.63) is 78.4 Å². The second-order valence-corrected chi connectivity index (χ2v) is 12.9. The van der Waals surface area contributed by atoms with Gasteiger partial charge in [-0.15, -0.1) is 0 Å². The van der Waals surface area contributed by atoms with Crippen molar-refractivity contribution < 1.29 is 24.0 Å². The van der Waals surface area contributed by atoms with E-state index in [0.29, 0.717) is 30.5 Å². The molecule has 3 atom stereocenters. The van der Waals surface area contributed by atoms with Crippen LogP contribution in [0, 0.1) is 5.92 Å². The fourth-order valence-electron chi connectivity index (χ4n) is 5.39. The monoisotopic (exact) mass is 729 g/mol. The lowest BCUT2D eigenvalue weighted by Crippen LogP contribution is -2.57. The van der Waals surface area contributed by atoms with Crippen LogP contribution in [-0.4, -0.2) is 79.2 Å². The van der Waals surface area contributed by atoms with Gasteiger partial charge in [0.05, 0.1) is 6.54 Å². The summed E-state index contributed by atoms with van der Waals surface area (Å²) in [4.78, 5) is 74.5. The Morgan fingerprint density at radius 2 is 1.19 bits per heavy atom. The van der Waals surface area contributed by atoms with Crippen LogP contribution < -0.4 is 49.5 Å². The van der Waals surface area contributed by atoms with Crippen LogP contribution in [0.4, 0.5) is 5.69 Å². The summed E-state index contributed by atoms with van der Waals surface area (Å²) < 4.78 is 0. The standard InChI is InChI=1S/C37H51N11O5/c1-23(2)20-30(35(53)45-27-17-16-24-10-6-7-13-26(24)21-27)48-34(52)29(15-9-19-43-37(40)41)47-33(51)28(14-8-18-42-36(38)39)46-31(49)22-44-32(50)25-11-4-3-5-12-25/h3-7,10-13,16-17,21,23,28-30H,8-9,14-15,18-20,22H2,1-2H3,(H,44,50)(H,45,53)(H,46,49)(H,47,51)(H,48,52)(H4,38,39,42)(H4,40,41,43)/t28-,29-,30-/m0/s1. The smallest absolute Gasteiger partial charge is 0.251 e. The molecule has 0 aliphatic carbocycles. The second-order valence-electron chi connectivity index (χ2n) is 12.9. The minimum atomic E-state index is -1.13. The number of carbonyl (C=O) groups excluding carboxylic acids is 5. The summed E-state index contributed by atoms with van der Waals surface area (Å²) in [7, 11) is 0. The highest BCUT2D eigenvalue weighted by atomic mass is 16.2. The van der Waals surface area contributed by atoms with Gasteiger partial charge in [-0.05, 0) is 73.1 Å². The van der Waals surface area contributed by atoms with Gasteiger partial charge in [0.25, 0.3) is 5.91 Å². The number of hydrogen-bond acceptors (Lipinski definition) is 7. The Balaban J connectivity index is 1.77. The Hall–Kier alpha value is -6.19. The van der Waals surface area contributed by atoms with E-state index in [2.05, 4.69) is 36.6 Å². The second kappa shape index (κ2) is 21.2. The third kappa shape index (κ3) is 14.9. The molecule has 16 nitrogen and oxygen atoms in total. The summed E-state index contributed by atoms with van der Waals surface area (Å²) in [5.41, 5.74) is 22.8. The molecule has 0 aromatic heterocycles. The van der Waals surface area contributed by atoms with Gasteiger partial charge in [0, 0.05) is 24.3 Å². The molecule has 13 N–H and O–H groups in total. The highest BCUT2D eigenvalue weighted by Gasteiger charge is 2.30. The Morgan fingerprint density at radius 3 is 1.77 bits per heavy atom. The van der Waals surface area contributed by atoms with Crippen LogP contribution in [0.25, 0.3) is 10.8 Å². The van der Waals surface area contributed by atoms with Crippen molar-refractivity contribution in [1.82, 2.24) is 21.3 Å². The average molecular weight is 730 g/mol.